The lowest BCUT2D eigenvalue weighted by molar-refractivity contribution is -0.121. The number of nitrogens with zero attached hydrogens (tertiary/aromatic N) is 1. The van der Waals surface area contributed by atoms with Gasteiger partial charge in [-0.05, 0) is 42.5 Å². The number of rotatable bonds is 7. The van der Waals surface area contributed by atoms with Gasteiger partial charge in [-0.1, -0.05) is 31.5 Å². The second kappa shape index (κ2) is 8.98. The summed E-state index contributed by atoms with van der Waals surface area (Å²) in [5, 5.41) is 8.82. The van der Waals surface area contributed by atoms with Crippen molar-refractivity contribution in [1.82, 2.24) is 5.43 Å². The predicted molar refractivity (Wildman–Crippen MR) is 98.6 cm³/mol. The highest BCUT2D eigenvalue weighted by atomic mass is 32.1. The zero-order chi connectivity index (χ0) is 17.4. The summed E-state index contributed by atoms with van der Waals surface area (Å²) < 4.78 is 0. The Labute approximate surface area is 145 Å². The molecule has 2 aromatic rings. The number of anilines is 1. The Morgan fingerprint density at radius 3 is 2.54 bits per heavy atom. The minimum atomic E-state index is -0.119. The fraction of sp³-hybridized carbons (Fsp3) is 0.278. The molecule has 6 heteroatoms. The van der Waals surface area contributed by atoms with Crippen LogP contribution < -0.4 is 10.7 Å². The Balaban J connectivity index is 1.93. The van der Waals surface area contributed by atoms with Crippen LogP contribution in [0.4, 0.5) is 5.69 Å². The van der Waals surface area contributed by atoms with Crippen molar-refractivity contribution in [3.05, 3.63) is 52.2 Å². The van der Waals surface area contributed by atoms with Crippen LogP contribution in [0.25, 0.3) is 0 Å². The van der Waals surface area contributed by atoms with E-state index < -0.39 is 0 Å². The van der Waals surface area contributed by atoms with Crippen molar-refractivity contribution < 1.29 is 9.59 Å². The van der Waals surface area contributed by atoms with E-state index in [1.54, 1.807) is 6.07 Å². The van der Waals surface area contributed by atoms with E-state index >= 15 is 0 Å². The molecule has 0 saturated carbocycles. The lowest BCUT2D eigenvalue weighted by atomic mass is 10.1. The van der Waals surface area contributed by atoms with Crippen molar-refractivity contribution in [3.63, 3.8) is 0 Å². The van der Waals surface area contributed by atoms with E-state index in [0.29, 0.717) is 11.3 Å². The molecule has 0 aliphatic carbocycles. The average Bonchev–Trinajstić information content (AvgIpc) is 3.13. The maximum Gasteiger partial charge on any atom is 0.265 e. The largest absolute Gasteiger partial charge is 0.321 e. The van der Waals surface area contributed by atoms with Gasteiger partial charge in [0.25, 0.3) is 5.91 Å². The summed E-state index contributed by atoms with van der Waals surface area (Å²) in [6.07, 6.45) is 2.33. The van der Waals surface area contributed by atoms with Crippen molar-refractivity contribution >= 4 is 34.6 Å². The first kappa shape index (κ1) is 17.9. The number of nitrogens with one attached hydrogen (secondary N) is 2. The molecule has 0 atom stereocenters. The molecular formula is C18H21N3O2S. The molecule has 0 radical (unpaired) electrons. The van der Waals surface area contributed by atoms with E-state index in [9.17, 15) is 9.59 Å². The van der Waals surface area contributed by atoms with Gasteiger partial charge in [-0.15, -0.1) is 11.3 Å². The first-order valence-electron chi connectivity index (χ1n) is 7.88. The summed E-state index contributed by atoms with van der Waals surface area (Å²) in [6, 6.07) is 11.0. The van der Waals surface area contributed by atoms with E-state index in [0.717, 1.165) is 29.8 Å². The molecule has 5 nitrogen and oxygen atoms in total. The monoisotopic (exact) mass is 343 g/mol. The molecule has 0 aliphatic rings. The molecule has 0 spiro atoms. The molecule has 126 valence electrons. The average molecular weight is 343 g/mol. The van der Waals surface area contributed by atoms with Gasteiger partial charge in [0.15, 0.2) is 0 Å². The van der Waals surface area contributed by atoms with Gasteiger partial charge in [0.05, 0.1) is 10.6 Å². The van der Waals surface area contributed by atoms with Gasteiger partial charge in [0.1, 0.15) is 0 Å². The molecule has 0 aliphatic heterocycles. The summed E-state index contributed by atoms with van der Waals surface area (Å²) in [7, 11) is 0. The smallest absolute Gasteiger partial charge is 0.265 e. The molecule has 0 bridgehead atoms. The van der Waals surface area contributed by atoms with Crippen molar-refractivity contribution in [2.45, 2.75) is 33.1 Å². The van der Waals surface area contributed by atoms with Gasteiger partial charge >= 0.3 is 0 Å². The van der Waals surface area contributed by atoms with Crippen LogP contribution in [0.15, 0.2) is 46.9 Å². The summed E-state index contributed by atoms with van der Waals surface area (Å²) in [6.45, 7) is 3.87. The molecule has 1 aromatic heterocycles. The van der Waals surface area contributed by atoms with Crippen LogP contribution in [0.5, 0.6) is 0 Å². The van der Waals surface area contributed by atoms with Crippen molar-refractivity contribution in [2.75, 3.05) is 5.32 Å². The molecule has 1 aromatic carbocycles. The third-order valence-electron chi connectivity index (χ3n) is 3.41. The summed E-state index contributed by atoms with van der Waals surface area (Å²) in [4.78, 5) is 24.2. The molecule has 2 amide bonds. The highest BCUT2D eigenvalue weighted by Gasteiger charge is 2.07. The number of thiophene rings is 1. The molecule has 2 rings (SSSR count). The third-order valence-corrected chi connectivity index (χ3v) is 4.28. The van der Waals surface area contributed by atoms with Gasteiger partial charge in [-0.3, -0.25) is 9.59 Å². The second-order valence-electron chi connectivity index (χ2n) is 5.34. The Hall–Kier alpha value is -2.47. The standard InChI is InChI=1S/C18H21N3O2S/c1-3-4-7-17(22)21-20-13(2)14-8-10-15(11-9-14)19-18(23)16-6-5-12-24-16/h5-6,8-12H,3-4,7H2,1-2H3,(H,19,23)(H,21,22)/b20-13+. The van der Waals surface area contributed by atoms with Crippen LogP contribution in [-0.2, 0) is 4.79 Å². The van der Waals surface area contributed by atoms with Crippen LogP contribution in [0.3, 0.4) is 0 Å². The maximum absolute atomic E-state index is 12.0. The first-order chi connectivity index (χ1) is 11.6. The minimum Gasteiger partial charge on any atom is -0.321 e. The minimum absolute atomic E-state index is 0.0731. The van der Waals surface area contributed by atoms with Crippen molar-refractivity contribution in [2.24, 2.45) is 5.10 Å². The number of hydrazone groups is 1. The zero-order valence-corrected chi connectivity index (χ0v) is 14.7. The molecule has 1 heterocycles. The molecule has 0 saturated heterocycles. The third kappa shape index (κ3) is 5.31. The van der Waals surface area contributed by atoms with Crippen molar-refractivity contribution in [3.8, 4) is 0 Å². The van der Waals surface area contributed by atoms with Gasteiger partial charge in [0, 0.05) is 12.1 Å². The highest BCUT2D eigenvalue weighted by Crippen LogP contribution is 2.14. The number of unbranched alkanes of at least 4 members (excludes halogenated alkanes) is 1. The molecule has 0 fully saturated rings. The van der Waals surface area contributed by atoms with E-state index in [-0.39, 0.29) is 11.8 Å². The highest BCUT2D eigenvalue weighted by molar-refractivity contribution is 7.12. The number of benzene rings is 1. The van der Waals surface area contributed by atoms with Crippen LogP contribution in [-0.4, -0.2) is 17.5 Å². The quantitative estimate of drug-likeness (QED) is 0.588. The zero-order valence-electron chi connectivity index (χ0n) is 13.8. The van der Waals surface area contributed by atoms with E-state index in [1.807, 2.05) is 49.6 Å². The normalized spacial score (nSPS) is 11.2. The SMILES string of the molecule is CCCCC(=O)N/N=C(\C)c1ccc(NC(=O)c2cccs2)cc1. The van der Waals surface area contributed by atoms with E-state index in [4.69, 9.17) is 0 Å². The molecular weight excluding hydrogens is 322 g/mol. The molecule has 2 N–H and O–H groups in total. The number of carbonyl (C=O) groups is 2. The Bertz CT molecular complexity index is 706. The van der Waals surface area contributed by atoms with Gasteiger partial charge in [-0.25, -0.2) is 5.43 Å². The number of hydrogen-bond donors (Lipinski definition) is 2. The van der Waals surface area contributed by atoms with Crippen LogP contribution in [0, 0.1) is 0 Å². The summed E-state index contributed by atoms with van der Waals surface area (Å²) >= 11 is 1.40. The Kier molecular flexibility index (Phi) is 6.69. The number of hydrogen-bond acceptors (Lipinski definition) is 4. The summed E-state index contributed by atoms with van der Waals surface area (Å²) in [5.41, 5.74) is 4.89. The fourth-order valence-electron chi connectivity index (χ4n) is 2.00. The lowest BCUT2D eigenvalue weighted by Gasteiger charge is -2.06. The Morgan fingerprint density at radius 2 is 1.92 bits per heavy atom. The lowest BCUT2D eigenvalue weighted by Crippen LogP contribution is -2.18. The molecule has 0 unspecified atom stereocenters. The Morgan fingerprint density at radius 1 is 1.17 bits per heavy atom. The van der Waals surface area contributed by atoms with E-state index in [1.165, 1.54) is 11.3 Å². The van der Waals surface area contributed by atoms with Gasteiger partial charge < -0.3 is 5.32 Å². The van der Waals surface area contributed by atoms with Gasteiger partial charge in [0.2, 0.25) is 5.91 Å². The van der Waals surface area contributed by atoms with Gasteiger partial charge in [-0.2, -0.15) is 5.10 Å². The maximum atomic E-state index is 12.0. The number of amides is 2. The fourth-order valence-corrected chi connectivity index (χ4v) is 2.62. The summed E-state index contributed by atoms with van der Waals surface area (Å²) in [5.74, 6) is -0.192. The van der Waals surface area contributed by atoms with Crippen LogP contribution in [0.2, 0.25) is 0 Å². The molecule has 24 heavy (non-hydrogen) atoms. The topological polar surface area (TPSA) is 70.6 Å². The van der Waals surface area contributed by atoms with E-state index in [2.05, 4.69) is 15.8 Å². The number of carbonyl (C=O) groups excluding carboxylic acids is 2. The van der Waals surface area contributed by atoms with Crippen LogP contribution in [0.1, 0.15) is 48.3 Å². The van der Waals surface area contributed by atoms with Crippen molar-refractivity contribution in [1.29, 1.82) is 0 Å². The first-order valence-corrected chi connectivity index (χ1v) is 8.76. The van der Waals surface area contributed by atoms with Crippen LogP contribution >= 0.6 is 11.3 Å². The second-order valence-corrected chi connectivity index (χ2v) is 6.29. The predicted octanol–water partition coefficient (Wildman–Crippen LogP) is 4.03.